The highest BCUT2D eigenvalue weighted by Crippen LogP contribution is 2.29. The molecule has 0 aliphatic rings. The molecule has 0 saturated carbocycles. The highest BCUT2D eigenvalue weighted by Gasteiger charge is 2.20. The van der Waals surface area contributed by atoms with E-state index in [-0.39, 0.29) is 10.8 Å². The van der Waals surface area contributed by atoms with Crippen molar-refractivity contribution in [1.29, 1.82) is 0 Å². The van der Waals surface area contributed by atoms with Crippen molar-refractivity contribution in [2.45, 2.75) is 24.1 Å². The van der Waals surface area contributed by atoms with Gasteiger partial charge in [-0.3, -0.25) is 0 Å². The smallest absolute Gasteiger partial charge is 0.250 e. The van der Waals surface area contributed by atoms with Gasteiger partial charge in [0.25, 0.3) is 0 Å². The summed E-state index contributed by atoms with van der Waals surface area (Å²) in [6, 6.07) is 1.01. The summed E-state index contributed by atoms with van der Waals surface area (Å²) in [7, 11) is -3.55. The summed E-state index contributed by atoms with van der Waals surface area (Å²) in [6.45, 7) is 3.09. The van der Waals surface area contributed by atoms with E-state index in [9.17, 15) is 8.42 Å². The van der Waals surface area contributed by atoms with Crippen molar-refractivity contribution in [3.8, 4) is 0 Å². The predicted molar refractivity (Wildman–Crippen MR) is 60.9 cm³/mol. The van der Waals surface area contributed by atoms with Gasteiger partial charge in [-0.25, -0.2) is 13.1 Å². The fraction of sp³-hybridized carbons (Fsp3) is 0.500. The average molecular weight is 270 g/mol. The quantitative estimate of drug-likeness (QED) is 0.868. The van der Waals surface area contributed by atoms with Crippen molar-refractivity contribution >= 4 is 33.0 Å². The molecular formula is C8H12ClNO3S2. The van der Waals surface area contributed by atoms with Crippen LogP contribution in [-0.2, 0) is 10.0 Å². The number of hydrogen-bond donors (Lipinski definition) is 2. The molecule has 7 heteroatoms. The number of hydrogen-bond acceptors (Lipinski definition) is 4. The average Bonchev–Trinajstić information content (AvgIpc) is 2.47. The topological polar surface area (TPSA) is 66.4 Å². The summed E-state index contributed by atoms with van der Waals surface area (Å²) in [6.07, 6.45) is 0. The van der Waals surface area contributed by atoms with Crippen LogP contribution in [0.4, 0.5) is 0 Å². The van der Waals surface area contributed by atoms with Gasteiger partial charge >= 0.3 is 0 Å². The highest BCUT2D eigenvalue weighted by atomic mass is 35.5. The Balaban J connectivity index is 2.96. The monoisotopic (exact) mass is 269 g/mol. The number of aliphatic hydroxyl groups excluding tert-OH is 1. The lowest BCUT2D eigenvalue weighted by molar-refractivity contribution is 0.265. The van der Waals surface area contributed by atoms with Crippen LogP contribution in [0.3, 0.4) is 0 Å². The molecule has 0 aromatic carbocycles. The van der Waals surface area contributed by atoms with E-state index in [1.54, 1.807) is 13.8 Å². The lowest BCUT2D eigenvalue weighted by Crippen LogP contribution is -2.34. The molecule has 1 atom stereocenters. The zero-order chi connectivity index (χ0) is 11.6. The van der Waals surface area contributed by atoms with E-state index < -0.39 is 16.1 Å². The Morgan fingerprint density at radius 1 is 1.67 bits per heavy atom. The molecule has 0 spiro atoms. The lowest BCUT2D eigenvalue weighted by Gasteiger charge is -2.09. The first-order valence-electron chi connectivity index (χ1n) is 4.26. The molecule has 4 nitrogen and oxygen atoms in total. The first-order valence-corrected chi connectivity index (χ1v) is 6.93. The predicted octanol–water partition coefficient (Wildman–Crippen LogP) is 1.37. The van der Waals surface area contributed by atoms with Crippen molar-refractivity contribution in [1.82, 2.24) is 4.72 Å². The van der Waals surface area contributed by atoms with Gasteiger partial charge < -0.3 is 5.11 Å². The Labute approximate surface area is 97.9 Å². The summed E-state index contributed by atoms with van der Waals surface area (Å²) in [5, 5.41) is 8.76. The van der Waals surface area contributed by atoms with Gasteiger partial charge in [0.05, 0.1) is 10.9 Å². The zero-order valence-electron chi connectivity index (χ0n) is 8.32. The maximum Gasteiger partial charge on any atom is 0.250 e. The maximum atomic E-state index is 11.7. The first-order chi connectivity index (χ1) is 6.86. The number of halogens is 1. The Morgan fingerprint density at radius 2 is 2.27 bits per heavy atom. The molecule has 0 radical (unpaired) electrons. The minimum Gasteiger partial charge on any atom is -0.395 e. The van der Waals surface area contributed by atoms with Crippen LogP contribution in [-0.4, -0.2) is 26.2 Å². The molecule has 0 bridgehead atoms. The Kier molecular flexibility index (Phi) is 4.13. The van der Waals surface area contributed by atoms with Crippen LogP contribution in [0.5, 0.6) is 0 Å². The first kappa shape index (κ1) is 12.9. The number of thiophene rings is 1. The van der Waals surface area contributed by atoms with Crippen LogP contribution in [0, 0.1) is 6.92 Å². The molecule has 0 fully saturated rings. The van der Waals surface area contributed by atoms with Crippen LogP contribution in [0.25, 0.3) is 0 Å². The Hall–Kier alpha value is -0.140. The number of aryl methyl sites for hydroxylation is 1. The molecule has 1 aromatic rings. The molecule has 1 heterocycles. The van der Waals surface area contributed by atoms with Gasteiger partial charge in [0.15, 0.2) is 0 Å². The van der Waals surface area contributed by atoms with E-state index in [0.29, 0.717) is 4.34 Å². The van der Waals surface area contributed by atoms with E-state index >= 15 is 0 Å². The normalized spacial score (nSPS) is 14.1. The molecular weight excluding hydrogens is 258 g/mol. The fourth-order valence-corrected chi connectivity index (χ4v) is 3.88. The number of nitrogens with one attached hydrogen (secondary N) is 1. The van der Waals surface area contributed by atoms with Crippen LogP contribution in [0.1, 0.15) is 12.5 Å². The van der Waals surface area contributed by atoms with Gasteiger partial charge in [-0.1, -0.05) is 11.6 Å². The lowest BCUT2D eigenvalue weighted by atomic mass is 10.4. The maximum absolute atomic E-state index is 11.7. The number of rotatable bonds is 4. The van der Waals surface area contributed by atoms with Gasteiger partial charge in [-0.05, 0) is 25.5 Å². The van der Waals surface area contributed by atoms with Crippen molar-refractivity contribution < 1.29 is 13.5 Å². The van der Waals surface area contributed by atoms with Crippen molar-refractivity contribution in [2.75, 3.05) is 6.61 Å². The number of sulfonamides is 1. The van der Waals surface area contributed by atoms with Crippen LogP contribution < -0.4 is 4.72 Å². The van der Waals surface area contributed by atoms with Gasteiger partial charge in [0.1, 0.15) is 4.21 Å². The van der Waals surface area contributed by atoms with E-state index in [2.05, 4.69) is 4.72 Å². The minimum absolute atomic E-state index is 0.172. The third-order valence-corrected chi connectivity index (χ3v) is 5.35. The summed E-state index contributed by atoms with van der Waals surface area (Å²) in [5.41, 5.74) is 0.735. The van der Waals surface area contributed by atoms with E-state index in [0.717, 1.165) is 16.9 Å². The van der Waals surface area contributed by atoms with Crippen molar-refractivity contribution in [2.24, 2.45) is 0 Å². The van der Waals surface area contributed by atoms with Gasteiger partial charge in [-0.15, -0.1) is 11.3 Å². The van der Waals surface area contributed by atoms with Gasteiger partial charge in [0.2, 0.25) is 10.0 Å². The van der Waals surface area contributed by atoms with E-state index in [1.165, 1.54) is 6.07 Å². The van der Waals surface area contributed by atoms with E-state index in [4.69, 9.17) is 16.7 Å². The van der Waals surface area contributed by atoms with Crippen molar-refractivity contribution in [3.63, 3.8) is 0 Å². The Morgan fingerprint density at radius 3 is 2.67 bits per heavy atom. The molecule has 86 valence electrons. The SMILES string of the molecule is Cc1cc(S(=O)(=O)NC(C)CO)sc1Cl. The third-order valence-electron chi connectivity index (χ3n) is 1.73. The molecule has 0 aliphatic heterocycles. The minimum atomic E-state index is -3.55. The molecule has 1 aromatic heterocycles. The van der Waals surface area contributed by atoms with Gasteiger partial charge in [-0.2, -0.15) is 0 Å². The molecule has 0 aliphatic carbocycles. The largest absolute Gasteiger partial charge is 0.395 e. The summed E-state index contributed by atoms with van der Waals surface area (Å²) in [5.74, 6) is 0. The van der Waals surface area contributed by atoms with Crippen LogP contribution in [0.2, 0.25) is 4.34 Å². The second-order valence-electron chi connectivity index (χ2n) is 3.23. The zero-order valence-corrected chi connectivity index (χ0v) is 10.7. The summed E-state index contributed by atoms with van der Waals surface area (Å²) in [4.78, 5) is 0. The van der Waals surface area contributed by atoms with Crippen LogP contribution in [0.15, 0.2) is 10.3 Å². The highest BCUT2D eigenvalue weighted by molar-refractivity contribution is 7.91. The molecule has 15 heavy (non-hydrogen) atoms. The molecule has 0 amide bonds. The standard InChI is InChI=1S/C8H12ClNO3S2/c1-5-3-7(14-8(5)9)15(12,13)10-6(2)4-11/h3,6,10-11H,4H2,1-2H3. The molecule has 1 rings (SSSR count). The van der Waals surface area contributed by atoms with Gasteiger partial charge in [0, 0.05) is 6.04 Å². The molecule has 2 N–H and O–H groups in total. The second kappa shape index (κ2) is 4.80. The second-order valence-corrected chi connectivity index (χ2v) is 6.82. The van der Waals surface area contributed by atoms with E-state index in [1.807, 2.05) is 0 Å². The molecule has 1 unspecified atom stereocenters. The Bertz CT molecular complexity index is 421. The van der Waals surface area contributed by atoms with Crippen molar-refractivity contribution in [3.05, 3.63) is 16.0 Å². The summed E-state index contributed by atoms with van der Waals surface area (Å²) >= 11 is 6.79. The molecule has 0 saturated heterocycles. The fourth-order valence-electron chi connectivity index (χ4n) is 0.924. The third kappa shape index (κ3) is 3.15. The number of aliphatic hydroxyl groups is 1. The van der Waals surface area contributed by atoms with Crippen LogP contribution >= 0.6 is 22.9 Å². The summed E-state index contributed by atoms with van der Waals surface area (Å²) < 4.78 is 26.4.